The summed E-state index contributed by atoms with van der Waals surface area (Å²) in [4.78, 5) is 9.03. The summed E-state index contributed by atoms with van der Waals surface area (Å²) in [7, 11) is 0. The third-order valence-corrected chi connectivity index (χ3v) is 1.14. The fraction of sp³-hybridized carbons (Fsp3) is 0. The minimum atomic E-state index is 0.253. The molecule has 0 heterocycles. The molecule has 4 heteroatoms. The van der Waals surface area contributed by atoms with E-state index in [0.29, 0.717) is 0 Å². The molecule has 4 nitrogen and oxygen atoms in total. The Hall–Kier alpha value is -2.20. The van der Waals surface area contributed by atoms with E-state index < -0.39 is 0 Å². The molecule has 0 aromatic heterocycles. The smallest absolute Gasteiger partial charge is 0.153 e. The van der Waals surface area contributed by atoms with Crippen LogP contribution in [0.15, 0.2) is 24.3 Å². The van der Waals surface area contributed by atoms with Gasteiger partial charge in [0.2, 0.25) is 0 Å². The van der Waals surface area contributed by atoms with Crippen molar-refractivity contribution in [3.8, 4) is 11.5 Å². The molecule has 0 fully saturated rings. The maximum Gasteiger partial charge on any atom is 0.269 e. The van der Waals surface area contributed by atoms with Crippen LogP contribution in [0.25, 0.3) is 10.0 Å². The van der Waals surface area contributed by atoms with Crippen molar-refractivity contribution in [3.63, 3.8) is 0 Å². The highest BCUT2D eigenvalue weighted by molar-refractivity contribution is 5.39. The van der Waals surface area contributed by atoms with Gasteiger partial charge in [-0.05, 0) is 22.1 Å². The van der Waals surface area contributed by atoms with Crippen molar-refractivity contribution in [2.45, 2.75) is 0 Å². The van der Waals surface area contributed by atoms with Crippen molar-refractivity contribution < 1.29 is 9.68 Å². The van der Waals surface area contributed by atoms with E-state index >= 15 is 0 Å². The number of hydrogen-bond acceptors (Lipinski definition) is 2. The molecule has 0 unspecified atom stereocenters. The quantitative estimate of drug-likeness (QED) is 0.489. The van der Waals surface area contributed by atoms with E-state index in [1.165, 1.54) is 0 Å². The third-order valence-electron chi connectivity index (χ3n) is 1.14. The third kappa shape index (κ3) is 1.65. The SMILES string of the molecule is [C-]#[N+]Oc1ccccc1O[N+]#[C-]. The number of hydrogen-bond donors (Lipinski definition) is 0. The molecule has 0 atom stereocenters. The normalized spacial score (nSPS) is 7.83. The monoisotopic (exact) mass is 160 g/mol. The molecule has 1 rings (SSSR count). The zero-order valence-electron chi connectivity index (χ0n) is 6.02. The van der Waals surface area contributed by atoms with Crippen LogP contribution in [-0.2, 0) is 0 Å². The lowest BCUT2D eigenvalue weighted by Crippen LogP contribution is -1.84. The Bertz CT molecular complexity index is 314. The number of para-hydroxylation sites is 2. The van der Waals surface area contributed by atoms with Crippen LogP contribution >= 0.6 is 0 Å². The lowest BCUT2D eigenvalue weighted by Gasteiger charge is -1.92. The molecule has 1 aromatic rings. The minimum Gasteiger partial charge on any atom is -0.153 e. The van der Waals surface area contributed by atoms with Gasteiger partial charge in [-0.2, -0.15) is 22.8 Å². The molecule has 58 valence electrons. The number of rotatable bonds is 2. The van der Waals surface area contributed by atoms with Gasteiger partial charge in [-0.3, -0.25) is 0 Å². The summed E-state index contributed by atoms with van der Waals surface area (Å²) in [5, 5.41) is 5.43. The van der Waals surface area contributed by atoms with Gasteiger partial charge >= 0.3 is 0 Å². The van der Waals surface area contributed by atoms with Gasteiger partial charge in [0.15, 0.2) is 0 Å². The van der Waals surface area contributed by atoms with E-state index in [4.69, 9.17) is 13.1 Å². The second-order valence-corrected chi connectivity index (χ2v) is 1.81. The van der Waals surface area contributed by atoms with Crippen molar-refractivity contribution in [2.24, 2.45) is 0 Å². The first-order valence-electron chi connectivity index (χ1n) is 3.05. The summed E-state index contributed by atoms with van der Waals surface area (Å²) >= 11 is 0. The number of benzene rings is 1. The molecule has 1 aromatic carbocycles. The summed E-state index contributed by atoms with van der Waals surface area (Å²) in [5.41, 5.74) is 0. The van der Waals surface area contributed by atoms with Crippen molar-refractivity contribution in [2.75, 3.05) is 0 Å². The van der Waals surface area contributed by atoms with Crippen LogP contribution in [0.1, 0.15) is 0 Å². The fourth-order valence-corrected chi connectivity index (χ4v) is 0.699. The molecule has 12 heavy (non-hydrogen) atoms. The Morgan fingerprint density at radius 1 is 0.917 bits per heavy atom. The summed E-state index contributed by atoms with van der Waals surface area (Å²) in [6.45, 7) is 12.9. The van der Waals surface area contributed by atoms with Gasteiger partial charge in [-0.15, -0.1) is 0 Å². The Morgan fingerprint density at radius 3 is 1.67 bits per heavy atom. The number of nitrogens with zero attached hydrogens (tertiary/aromatic N) is 2. The zero-order chi connectivity index (χ0) is 8.81. The van der Waals surface area contributed by atoms with Gasteiger partial charge in [0.25, 0.3) is 11.5 Å². The molecule has 0 aliphatic heterocycles. The predicted molar refractivity (Wildman–Crippen MR) is 40.9 cm³/mol. The topological polar surface area (TPSA) is 27.2 Å². The Labute approximate surface area is 69.5 Å². The van der Waals surface area contributed by atoms with Crippen molar-refractivity contribution in [1.82, 2.24) is 0 Å². The predicted octanol–water partition coefficient (Wildman–Crippen LogP) is 2.11. The van der Waals surface area contributed by atoms with Gasteiger partial charge in [-0.25, -0.2) is 0 Å². The minimum absolute atomic E-state index is 0.253. The highest BCUT2D eigenvalue weighted by atomic mass is 16.7. The van der Waals surface area contributed by atoms with E-state index in [2.05, 4.69) is 19.7 Å². The first-order chi connectivity index (χ1) is 5.88. The van der Waals surface area contributed by atoms with Crippen LogP contribution in [0.3, 0.4) is 0 Å². The van der Waals surface area contributed by atoms with Crippen LogP contribution in [0.4, 0.5) is 0 Å². The van der Waals surface area contributed by atoms with Crippen molar-refractivity contribution in [1.29, 1.82) is 0 Å². The molecule has 0 bridgehead atoms. The van der Waals surface area contributed by atoms with Crippen molar-refractivity contribution in [3.05, 3.63) is 47.4 Å². The zero-order valence-corrected chi connectivity index (χ0v) is 6.02. The average Bonchev–Trinajstić information content (AvgIpc) is 2.09. The lowest BCUT2D eigenvalue weighted by molar-refractivity contribution is 0.408. The molecule has 0 N–H and O–H groups in total. The first-order valence-corrected chi connectivity index (χ1v) is 3.05. The van der Waals surface area contributed by atoms with E-state index in [9.17, 15) is 0 Å². The van der Waals surface area contributed by atoms with Crippen LogP contribution in [0.5, 0.6) is 11.5 Å². The largest absolute Gasteiger partial charge is 0.269 e. The second-order valence-electron chi connectivity index (χ2n) is 1.81. The maximum absolute atomic E-state index is 6.44. The van der Waals surface area contributed by atoms with Gasteiger partial charge in [0.05, 0.1) is 0 Å². The molecular weight excluding hydrogens is 156 g/mol. The van der Waals surface area contributed by atoms with Gasteiger partial charge in [-0.1, -0.05) is 12.1 Å². The van der Waals surface area contributed by atoms with Crippen LogP contribution in [0, 0.1) is 13.1 Å². The summed E-state index contributed by atoms with van der Waals surface area (Å²) in [6.07, 6.45) is 0. The average molecular weight is 160 g/mol. The van der Waals surface area contributed by atoms with Crippen LogP contribution in [0.2, 0.25) is 0 Å². The molecule has 0 radical (unpaired) electrons. The Kier molecular flexibility index (Phi) is 2.53. The van der Waals surface area contributed by atoms with E-state index in [1.54, 1.807) is 24.3 Å². The highest BCUT2D eigenvalue weighted by Crippen LogP contribution is 2.26. The molecule has 0 aliphatic rings. The van der Waals surface area contributed by atoms with Gasteiger partial charge in [0.1, 0.15) is 0 Å². The van der Waals surface area contributed by atoms with Crippen LogP contribution < -0.4 is 9.68 Å². The maximum atomic E-state index is 6.44. The molecule has 0 amide bonds. The summed E-state index contributed by atoms with van der Waals surface area (Å²) < 4.78 is 0. The Balaban J connectivity index is 2.95. The second kappa shape index (κ2) is 3.85. The molecule has 0 aliphatic carbocycles. The first kappa shape index (κ1) is 7.90. The standard InChI is InChI=1S/C8H4N2O2/c1-9-11-7-5-3-4-6-8(7)12-10-2/h3-6H. The van der Waals surface area contributed by atoms with Crippen molar-refractivity contribution >= 4 is 0 Å². The van der Waals surface area contributed by atoms with Crippen LogP contribution in [-0.4, -0.2) is 0 Å². The summed E-state index contributed by atoms with van der Waals surface area (Å²) in [5.74, 6) is 0.506. The highest BCUT2D eigenvalue weighted by Gasteiger charge is 2.09. The van der Waals surface area contributed by atoms with E-state index in [1.807, 2.05) is 0 Å². The van der Waals surface area contributed by atoms with Gasteiger partial charge < -0.3 is 0 Å². The molecular formula is C8H4N2O2. The molecule has 0 saturated heterocycles. The summed E-state index contributed by atoms with van der Waals surface area (Å²) in [6, 6.07) is 6.49. The lowest BCUT2D eigenvalue weighted by atomic mass is 10.3. The molecule has 0 saturated carbocycles. The van der Waals surface area contributed by atoms with Gasteiger partial charge in [0, 0.05) is 0 Å². The Morgan fingerprint density at radius 2 is 1.33 bits per heavy atom. The van der Waals surface area contributed by atoms with E-state index in [-0.39, 0.29) is 11.5 Å². The van der Waals surface area contributed by atoms with E-state index in [0.717, 1.165) is 0 Å². The molecule has 0 spiro atoms. The fourth-order valence-electron chi connectivity index (χ4n) is 0.699.